The third kappa shape index (κ3) is 3.26. The van der Waals surface area contributed by atoms with Crippen LogP contribution in [0.3, 0.4) is 0 Å². The monoisotopic (exact) mass is 363 g/mol. The van der Waals surface area contributed by atoms with Crippen molar-refractivity contribution in [2.24, 2.45) is 5.92 Å². The highest BCUT2D eigenvalue weighted by molar-refractivity contribution is 7.93. The Bertz CT molecular complexity index is 692. The number of nitrogens with one attached hydrogen (secondary N) is 1. The average molecular weight is 363 g/mol. The molecule has 1 saturated heterocycles. The van der Waals surface area contributed by atoms with Gasteiger partial charge in [0.05, 0.1) is 17.8 Å². The molecule has 1 aromatic carbocycles. The molecule has 0 amide bonds. The van der Waals surface area contributed by atoms with Crippen LogP contribution >= 0.6 is 0 Å². The lowest BCUT2D eigenvalue weighted by molar-refractivity contribution is -0.163. The Labute approximate surface area is 139 Å². The molecular formula is C16H20F3NO3S. The van der Waals surface area contributed by atoms with Gasteiger partial charge in [-0.1, -0.05) is 6.92 Å². The highest BCUT2D eigenvalue weighted by atomic mass is 32.2. The van der Waals surface area contributed by atoms with Gasteiger partial charge in [0, 0.05) is 5.69 Å². The van der Waals surface area contributed by atoms with E-state index < -0.39 is 32.6 Å². The summed E-state index contributed by atoms with van der Waals surface area (Å²) in [4.78, 5) is 0. The van der Waals surface area contributed by atoms with Crippen LogP contribution in [0, 0.1) is 5.92 Å². The maximum Gasteiger partial charge on any atom is 0.416 e. The Balaban J connectivity index is 1.72. The first kappa shape index (κ1) is 17.5. The van der Waals surface area contributed by atoms with Crippen molar-refractivity contribution in [3.05, 3.63) is 29.8 Å². The minimum Gasteiger partial charge on any atom is -0.372 e. The van der Waals surface area contributed by atoms with Gasteiger partial charge in [-0.3, -0.25) is 4.72 Å². The minimum atomic E-state index is -4.44. The quantitative estimate of drug-likeness (QED) is 0.889. The number of hydrogen-bond acceptors (Lipinski definition) is 3. The molecule has 0 bridgehead atoms. The minimum absolute atomic E-state index is 0.129. The summed E-state index contributed by atoms with van der Waals surface area (Å²) in [5, 5.41) is -0.653. The van der Waals surface area contributed by atoms with Crippen molar-refractivity contribution < 1.29 is 26.3 Å². The zero-order valence-corrected chi connectivity index (χ0v) is 14.1. The number of benzene rings is 1. The Hall–Kier alpha value is -1.28. The van der Waals surface area contributed by atoms with Crippen molar-refractivity contribution in [1.29, 1.82) is 0 Å². The van der Waals surface area contributed by atoms with E-state index in [0.29, 0.717) is 18.8 Å². The second kappa shape index (κ2) is 5.91. The largest absolute Gasteiger partial charge is 0.416 e. The highest BCUT2D eigenvalue weighted by Crippen LogP contribution is 2.45. The van der Waals surface area contributed by atoms with Crippen LogP contribution in [0.1, 0.15) is 38.2 Å². The van der Waals surface area contributed by atoms with Crippen LogP contribution < -0.4 is 4.72 Å². The number of anilines is 1. The fraction of sp³-hybridized carbons (Fsp3) is 0.625. The van der Waals surface area contributed by atoms with Crippen LogP contribution in [0.5, 0.6) is 0 Å². The van der Waals surface area contributed by atoms with Crippen LogP contribution in [-0.4, -0.2) is 25.9 Å². The molecule has 2 fully saturated rings. The van der Waals surface area contributed by atoms with Gasteiger partial charge in [-0.2, -0.15) is 13.2 Å². The smallest absolute Gasteiger partial charge is 0.372 e. The summed E-state index contributed by atoms with van der Waals surface area (Å²) >= 11 is 0. The van der Waals surface area contributed by atoms with E-state index in [0.717, 1.165) is 37.1 Å². The summed E-state index contributed by atoms with van der Waals surface area (Å²) in [5.74, 6) is 0.561. The van der Waals surface area contributed by atoms with Crippen LogP contribution in [-0.2, 0) is 20.9 Å². The van der Waals surface area contributed by atoms with E-state index in [1.165, 1.54) is 0 Å². The van der Waals surface area contributed by atoms with Gasteiger partial charge in [0.15, 0.2) is 0 Å². The zero-order chi connectivity index (χ0) is 17.6. The normalized spacial score (nSPS) is 30.8. The Morgan fingerprint density at radius 3 is 2.21 bits per heavy atom. The lowest BCUT2D eigenvalue weighted by atomic mass is 9.75. The second-order valence-corrected chi connectivity index (χ2v) is 8.63. The molecule has 1 spiro atoms. The van der Waals surface area contributed by atoms with Crippen LogP contribution in [0.25, 0.3) is 0 Å². The van der Waals surface area contributed by atoms with Crippen molar-refractivity contribution in [2.75, 3.05) is 11.3 Å². The van der Waals surface area contributed by atoms with E-state index in [4.69, 9.17) is 4.74 Å². The second-order valence-electron chi connectivity index (χ2n) is 6.77. The summed E-state index contributed by atoms with van der Waals surface area (Å²) in [6.07, 6.45) is -1.19. The molecule has 1 aliphatic heterocycles. The molecule has 3 rings (SSSR count). The van der Waals surface area contributed by atoms with Gasteiger partial charge in [-0.05, 0) is 55.9 Å². The van der Waals surface area contributed by atoms with Gasteiger partial charge >= 0.3 is 6.18 Å². The van der Waals surface area contributed by atoms with Crippen molar-refractivity contribution in [3.8, 4) is 0 Å². The molecule has 1 heterocycles. The van der Waals surface area contributed by atoms with E-state index in [9.17, 15) is 21.6 Å². The van der Waals surface area contributed by atoms with Crippen molar-refractivity contribution >= 4 is 15.7 Å². The molecule has 0 radical (unpaired) electrons. The molecule has 1 aliphatic carbocycles. The number of halogens is 3. The maximum atomic E-state index is 12.6. The first-order valence-electron chi connectivity index (χ1n) is 7.95. The van der Waals surface area contributed by atoms with Gasteiger partial charge in [0.25, 0.3) is 0 Å². The number of hydrogen-bond donors (Lipinski definition) is 1. The number of sulfonamides is 1. The first-order chi connectivity index (χ1) is 11.1. The van der Waals surface area contributed by atoms with Gasteiger partial charge in [-0.15, -0.1) is 0 Å². The summed E-state index contributed by atoms with van der Waals surface area (Å²) in [7, 11) is -3.71. The van der Waals surface area contributed by atoms with Gasteiger partial charge in [0.2, 0.25) is 10.0 Å². The molecule has 1 aromatic rings. The molecule has 134 valence electrons. The predicted molar refractivity (Wildman–Crippen MR) is 84.1 cm³/mol. The summed E-state index contributed by atoms with van der Waals surface area (Å²) in [6.45, 7) is 2.26. The maximum absolute atomic E-state index is 12.6. The first-order valence-corrected chi connectivity index (χ1v) is 9.50. The number of rotatable bonds is 3. The number of alkyl halides is 3. The third-order valence-corrected chi connectivity index (χ3v) is 6.91. The molecular weight excluding hydrogens is 343 g/mol. The molecule has 24 heavy (non-hydrogen) atoms. The topological polar surface area (TPSA) is 55.4 Å². The molecule has 0 aromatic heterocycles. The van der Waals surface area contributed by atoms with Gasteiger partial charge < -0.3 is 4.74 Å². The van der Waals surface area contributed by atoms with E-state index in [1.54, 1.807) is 0 Å². The fourth-order valence-electron chi connectivity index (χ4n) is 3.44. The summed E-state index contributed by atoms with van der Waals surface area (Å²) in [6, 6.07) is 4.01. The van der Waals surface area contributed by atoms with Crippen LogP contribution in [0.4, 0.5) is 18.9 Å². The van der Waals surface area contributed by atoms with Gasteiger partial charge in [-0.25, -0.2) is 8.42 Å². The fourth-order valence-corrected chi connectivity index (χ4v) is 5.16. The molecule has 1 saturated carbocycles. The molecule has 1 atom stereocenters. The Kier molecular flexibility index (Phi) is 4.32. The SMILES string of the molecule is CC1CCC2(CC1)OCC2S(=O)(=O)Nc1ccc(C(F)(F)F)cc1. The lowest BCUT2D eigenvalue weighted by Crippen LogP contribution is -2.63. The van der Waals surface area contributed by atoms with E-state index >= 15 is 0 Å². The van der Waals surface area contributed by atoms with Crippen molar-refractivity contribution in [3.63, 3.8) is 0 Å². The summed E-state index contributed by atoms with van der Waals surface area (Å²) < 4.78 is 71.0. The summed E-state index contributed by atoms with van der Waals surface area (Å²) in [5.41, 5.74) is -1.31. The average Bonchev–Trinajstić information content (AvgIpc) is 2.45. The molecule has 8 heteroatoms. The Morgan fingerprint density at radius 1 is 1.17 bits per heavy atom. The van der Waals surface area contributed by atoms with Crippen LogP contribution in [0.15, 0.2) is 24.3 Å². The van der Waals surface area contributed by atoms with E-state index in [-0.39, 0.29) is 12.3 Å². The van der Waals surface area contributed by atoms with E-state index in [2.05, 4.69) is 11.6 Å². The molecule has 1 unspecified atom stereocenters. The van der Waals surface area contributed by atoms with E-state index in [1.807, 2.05) is 0 Å². The lowest BCUT2D eigenvalue weighted by Gasteiger charge is -2.51. The van der Waals surface area contributed by atoms with Crippen molar-refractivity contribution in [1.82, 2.24) is 0 Å². The van der Waals surface area contributed by atoms with Crippen LogP contribution in [0.2, 0.25) is 0 Å². The third-order valence-electron chi connectivity index (χ3n) is 5.08. The zero-order valence-electron chi connectivity index (χ0n) is 13.3. The molecule has 2 aliphatic rings. The number of ether oxygens (including phenoxy) is 1. The van der Waals surface area contributed by atoms with Crippen molar-refractivity contribution in [2.45, 2.75) is 49.6 Å². The van der Waals surface area contributed by atoms with Gasteiger partial charge in [0.1, 0.15) is 5.25 Å². The standard InChI is InChI=1S/C16H20F3NO3S/c1-11-6-8-15(9-7-11)14(10-23-15)24(21,22)20-13-4-2-12(3-5-13)16(17,18)19/h2-5,11,14,20H,6-10H2,1H3. The predicted octanol–water partition coefficient (Wildman–Crippen LogP) is 3.79. The molecule has 4 nitrogen and oxygen atoms in total. The molecule has 1 N–H and O–H groups in total. The Morgan fingerprint density at radius 2 is 1.75 bits per heavy atom. The highest BCUT2D eigenvalue weighted by Gasteiger charge is 2.56.